The van der Waals surface area contributed by atoms with Crippen LogP contribution in [0.15, 0.2) is 60.6 Å². The van der Waals surface area contributed by atoms with Gasteiger partial charge >= 0.3 is 0 Å². The van der Waals surface area contributed by atoms with Crippen LogP contribution in [0, 0.1) is 0 Å². The fourth-order valence-corrected chi connectivity index (χ4v) is 3.47. The van der Waals surface area contributed by atoms with Crippen molar-refractivity contribution in [2.24, 2.45) is 0 Å². The summed E-state index contributed by atoms with van der Waals surface area (Å²) in [6, 6.07) is 10.2. The zero-order valence-electron chi connectivity index (χ0n) is 14.6. The van der Waals surface area contributed by atoms with E-state index in [0.717, 1.165) is 11.3 Å². The van der Waals surface area contributed by atoms with E-state index in [-0.39, 0.29) is 0 Å². The third kappa shape index (κ3) is 8.69. The molecule has 1 rings (SSSR count). The lowest BCUT2D eigenvalue weighted by Gasteiger charge is -2.22. The minimum absolute atomic E-state index is 0.671. The molecule has 22 heavy (non-hydrogen) atoms. The summed E-state index contributed by atoms with van der Waals surface area (Å²) in [7, 11) is -3.33. The quantitative estimate of drug-likeness (QED) is 0.357. The van der Waals surface area contributed by atoms with Gasteiger partial charge < -0.3 is 8.85 Å². The van der Waals surface area contributed by atoms with Crippen molar-refractivity contribution >= 4 is 22.7 Å². The third-order valence-electron chi connectivity index (χ3n) is 2.40. The van der Waals surface area contributed by atoms with E-state index >= 15 is 0 Å². The monoisotopic (exact) mass is 332 g/mol. The summed E-state index contributed by atoms with van der Waals surface area (Å²) in [4.78, 5) is 0. The van der Waals surface area contributed by atoms with Gasteiger partial charge in [-0.3, -0.25) is 0 Å². The number of hydrogen-bond acceptors (Lipinski definition) is 2. The first-order valence-electron chi connectivity index (χ1n) is 7.57. The summed E-state index contributed by atoms with van der Waals surface area (Å²) in [6.07, 6.45) is 5.94. The molecular formula is C18H28O2Si2. The molecule has 2 nitrogen and oxygen atoms in total. The molecule has 120 valence electrons. The molecule has 1 aromatic carbocycles. The van der Waals surface area contributed by atoms with Gasteiger partial charge in [0, 0.05) is 6.08 Å². The lowest BCUT2D eigenvalue weighted by atomic mass is 10.2. The Bertz CT molecular complexity index is 547. The Balaban J connectivity index is 2.93. The molecule has 0 fully saturated rings. The highest BCUT2D eigenvalue weighted by atomic mass is 28.4. The summed E-state index contributed by atoms with van der Waals surface area (Å²) in [6.45, 7) is 16.9. The van der Waals surface area contributed by atoms with Crippen molar-refractivity contribution in [3.63, 3.8) is 0 Å². The van der Waals surface area contributed by atoms with E-state index < -0.39 is 16.6 Å². The van der Waals surface area contributed by atoms with Crippen molar-refractivity contribution in [2.45, 2.75) is 39.3 Å². The van der Waals surface area contributed by atoms with Crippen LogP contribution in [0.3, 0.4) is 0 Å². The van der Waals surface area contributed by atoms with Gasteiger partial charge in [0.05, 0.1) is 5.76 Å². The van der Waals surface area contributed by atoms with Crippen molar-refractivity contribution in [1.82, 2.24) is 0 Å². The highest BCUT2D eigenvalue weighted by molar-refractivity contribution is 6.70. The molecule has 0 aromatic heterocycles. The Labute approximate surface area is 137 Å². The summed E-state index contributed by atoms with van der Waals surface area (Å²) in [5.74, 6) is 1.48. The van der Waals surface area contributed by atoms with E-state index in [0.29, 0.717) is 5.76 Å². The maximum Gasteiger partial charge on any atom is 0.242 e. The fourth-order valence-electron chi connectivity index (χ4n) is 1.79. The Kier molecular flexibility index (Phi) is 6.44. The van der Waals surface area contributed by atoms with Crippen molar-refractivity contribution in [3.8, 4) is 0 Å². The molecule has 0 N–H and O–H groups in total. The van der Waals surface area contributed by atoms with Crippen molar-refractivity contribution in [1.29, 1.82) is 0 Å². The van der Waals surface area contributed by atoms with Crippen LogP contribution >= 0.6 is 0 Å². The van der Waals surface area contributed by atoms with Crippen LogP contribution in [-0.4, -0.2) is 16.6 Å². The molecule has 0 spiro atoms. The molecule has 4 heteroatoms. The molecule has 0 unspecified atom stereocenters. The normalized spacial score (nSPS) is 13.3. The third-order valence-corrected chi connectivity index (χ3v) is 4.13. The zero-order chi connectivity index (χ0) is 16.8. The van der Waals surface area contributed by atoms with Gasteiger partial charge in [-0.2, -0.15) is 0 Å². The predicted molar refractivity (Wildman–Crippen MR) is 102 cm³/mol. The Morgan fingerprint density at radius 1 is 0.909 bits per heavy atom. The van der Waals surface area contributed by atoms with Crippen molar-refractivity contribution in [2.75, 3.05) is 0 Å². The fraction of sp³-hybridized carbons (Fsp3) is 0.333. The first-order valence-corrected chi connectivity index (χ1v) is 14.4. The average Bonchev–Trinajstić information content (AvgIpc) is 2.33. The van der Waals surface area contributed by atoms with Crippen molar-refractivity contribution in [3.05, 3.63) is 66.1 Å². The lowest BCUT2D eigenvalue weighted by molar-refractivity contribution is 0.417. The van der Waals surface area contributed by atoms with Gasteiger partial charge in [0.25, 0.3) is 0 Å². The van der Waals surface area contributed by atoms with Gasteiger partial charge in [0.15, 0.2) is 0 Å². The predicted octanol–water partition coefficient (Wildman–Crippen LogP) is 5.80. The van der Waals surface area contributed by atoms with Crippen LogP contribution in [0.4, 0.5) is 0 Å². The van der Waals surface area contributed by atoms with Crippen molar-refractivity contribution < 1.29 is 8.85 Å². The van der Waals surface area contributed by atoms with Crippen LogP contribution in [0.5, 0.6) is 0 Å². The van der Waals surface area contributed by atoms with Gasteiger partial charge in [-0.15, -0.1) is 0 Å². The van der Waals surface area contributed by atoms with E-state index in [1.165, 1.54) is 0 Å². The van der Waals surface area contributed by atoms with E-state index in [1.54, 1.807) is 0 Å². The molecule has 0 aliphatic carbocycles. The Morgan fingerprint density at radius 2 is 1.45 bits per heavy atom. The molecule has 0 aliphatic heterocycles. The number of allylic oxidation sites excluding steroid dienone is 2. The van der Waals surface area contributed by atoms with Crippen LogP contribution in [0.1, 0.15) is 5.56 Å². The van der Waals surface area contributed by atoms with Gasteiger partial charge in [-0.05, 0) is 50.9 Å². The number of hydrogen-bond donors (Lipinski definition) is 0. The number of benzene rings is 1. The minimum atomic E-state index is -1.69. The van der Waals surface area contributed by atoms with Crippen LogP contribution in [0.25, 0.3) is 6.08 Å². The molecule has 0 saturated heterocycles. The second-order valence-electron chi connectivity index (χ2n) is 7.19. The first kappa shape index (κ1) is 18.5. The molecule has 0 bridgehead atoms. The largest absolute Gasteiger partial charge is 0.545 e. The SMILES string of the molecule is C=C(/C=C(/C=C/c1ccccc1)O[Si](C)(C)C)O[Si](C)(C)C. The van der Waals surface area contributed by atoms with Gasteiger partial charge in [0.1, 0.15) is 5.76 Å². The van der Waals surface area contributed by atoms with E-state index in [1.807, 2.05) is 36.4 Å². The molecule has 0 saturated carbocycles. The number of rotatable bonds is 7. The Morgan fingerprint density at radius 3 is 1.95 bits per heavy atom. The van der Waals surface area contributed by atoms with E-state index in [2.05, 4.69) is 58.0 Å². The average molecular weight is 333 g/mol. The van der Waals surface area contributed by atoms with Crippen LogP contribution < -0.4 is 0 Å². The molecular weight excluding hydrogens is 304 g/mol. The smallest absolute Gasteiger partial charge is 0.242 e. The highest BCUT2D eigenvalue weighted by Crippen LogP contribution is 2.17. The van der Waals surface area contributed by atoms with Gasteiger partial charge in [-0.1, -0.05) is 43.0 Å². The highest BCUT2D eigenvalue weighted by Gasteiger charge is 2.19. The summed E-state index contributed by atoms with van der Waals surface area (Å²) in [5, 5.41) is 0. The summed E-state index contributed by atoms with van der Waals surface area (Å²) < 4.78 is 12.0. The lowest BCUT2D eigenvalue weighted by Crippen LogP contribution is -2.26. The second kappa shape index (κ2) is 7.65. The van der Waals surface area contributed by atoms with E-state index in [9.17, 15) is 0 Å². The topological polar surface area (TPSA) is 18.5 Å². The molecule has 0 atom stereocenters. The summed E-state index contributed by atoms with van der Waals surface area (Å²) in [5.41, 5.74) is 1.14. The minimum Gasteiger partial charge on any atom is -0.545 e. The summed E-state index contributed by atoms with van der Waals surface area (Å²) >= 11 is 0. The van der Waals surface area contributed by atoms with Gasteiger partial charge in [-0.25, -0.2) is 0 Å². The standard InChI is InChI=1S/C18H28O2Si2/c1-16(19-21(2,3)4)15-18(20-22(5,6)7)14-13-17-11-9-8-10-12-17/h8-15H,1H2,2-7H3/b14-13+,18-15-. The molecule has 0 radical (unpaired) electrons. The van der Waals surface area contributed by atoms with Crippen LogP contribution in [-0.2, 0) is 8.85 Å². The zero-order valence-corrected chi connectivity index (χ0v) is 16.6. The Hall–Kier alpha value is -1.53. The molecule has 0 aliphatic rings. The maximum absolute atomic E-state index is 6.13. The van der Waals surface area contributed by atoms with E-state index in [4.69, 9.17) is 8.85 Å². The maximum atomic E-state index is 6.13. The molecule has 0 amide bonds. The second-order valence-corrected chi connectivity index (χ2v) is 16.0. The van der Waals surface area contributed by atoms with Gasteiger partial charge in [0.2, 0.25) is 16.6 Å². The van der Waals surface area contributed by atoms with Crippen LogP contribution in [0.2, 0.25) is 39.3 Å². The first-order chi connectivity index (χ1) is 10.1. The molecule has 0 heterocycles. The molecule has 1 aromatic rings.